The molecule has 0 spiro atoms. The minimum atomic E-state index is -0.185. The lowest BCUT2D eigenvalue weighted by atomic mass is 10.0. The smallest absolute Gasteiger partial charge is 0.313 e. The number of nitrogens with zero attached hydrogens (tertiary/aromatic N) is 1. The van der Waals surface area contributed by atoms with Gasteiger partial charge in [0, 0.05) is 6.20 Å². The van der Waals surface area contributed by atoms with E-state index in [4.69, 9.17) is 10.5 Å². The van der Waals surface area contributed by atoms with Crippen molar-refractivity contribution >= 4 is 11.8 Å². The molecule has 0 saturated carbocycles. The fourth-order valence-electron chi connectivity index (χ4n) is 1.90. The number of carbonyl (C=O) groups excluding carboxylic acids is 1. The van der Waals surface area contributed by atoms with Gasteiger partial charge in [-0.2, -0.15) is 0 Å². The van der Waals surface area contributed by atoms with E-state index in [9.17, 15) is 4.79 Å². The van der Waals surface area contributed by atoms with Crippen molar-refractivity contribution < 1.29 is 9.53 Å². The Kier molecular flexibility index (Phi) is 2.11. The van der Waals surface area contributed by atoms with Gasteiger partial charge in [0.1, 0.15) is 5.82 Å². The van der Waals surface area contributed by atoms with Crippen molar-refractivity contribution in [1.82, 2.24) is 4.98 Å². The van der Waals surface area contributed by atoms with Crippen LogP contribution in [0.3, 0.4) is 0 Å². The number of pyridine rings is 1. The molecule has 1 aromatic rings. The minimum Gasteiger partial charge on any atom is -0.469 e. The summed E-state index contributed by atoms with van der Waals surface area (Å²) in [5, 5.41) is 0. The summed E-state index contributed by atoms with van der Waals surface area (Å²) in [6, 6.07) is 1.83. The van der Waals surface area contributed by atoms with Gasteiger partial charge >= 0.3 is 5.97 Å². The number of aryl methyl sites for hydroxylation is 1. The second-order valence-electron chi connectivity index (χ2n) is 3.42. The summed E-state index contributed by atoms with van der Waals surface area (Å²) in [6.07, 6.45) is 3.36. The summed E-state index contributed by atoms with van der Waals surface area (Å²) in [5.41, 5.74) is 7.64. The van der Waals surface area contributed by atoms with E-state index in [2.05, 4.69) is 4.98 Å². The van der Waals surface area contributed by atoms with Gasteiger partial charge < -0.3 is 10.5 Å². The molecule has 0 saturated heterocycles. The molecule has 1 aliphatic rings. The van der Waals surface area contributed by atoms with Gasteiger partial charge in [0.15, 0.2) is 0 Å². The molecule has 4 heteroatoms. The number of carbonyl (C=O) groups is 1. The van der Waals surface area contributed by atoms with Gasteiger partial charge in [0.2, 0.25) is 0 Å². The summed E-state index contributed by atoms with van der Waals surface area (Å²) < 4.78 is 4.72. The normalized spacial score (nSPS) is 19.1. The monoisotopic (exact) mass is 192 g/mol. The van der Waals surface area contributed by atoms with Crippen LogP contribution >= 0.6 is 0 Å². The highest BCUT2D eigenvalue weighted by atomic mass is 16.5. The Balaban J connectivity index is 2.35. The molecule has 74 valence electrons. The zero-order valence-electron chi connectivity index (χ0n) is 7.99. The third-order valence-corrected chi connectivity index (χ3v) is 2.61. The lowest BCUT2D eigenvalue weighted by molar-refractivity contribution is -0.142. The lowest BCUT2D eigenvalue weighted by Gasteiger charge is -2.07. The molecule has 1 heterocycles. The Morgan fingerprint density at radius 2 is 2.50 bits per heavy atom. The van der Waals surface area contributed by atoms with Crippen LogP contribution in [0.1, 0.15) is 23.5 Å². The van der Waals surface area contributed by atoms with Crippen LogP contribution in [0.25, 0.3) is 0 Å². The van der Waals surface area contributed by atoms with Crippen LogP contribution in [0, 0.1) is 0 Å². The second kappa shape index (κ2) is 3.29. The highest BCUT2D eigenvalue weighted by molar-refractivity contribution is 5.79. The highest BCUT2D eigenvalue weighted by Crippen LogP contribution is 2.33. The molecule has 1 aliphatic carbocycles. The van der Waals surface area contributed by atoms with E-state index in [-0.39, 0.29) is 11.9 Å². The standard InChI is InChI=1S/C10H12N2O2/c1-14-10(13)7-3-2-6-4-9(11)12-5-8(6)7/h4-5,7H,2-3H2,1H3,(H2,11,12)/t7-/m0/s1. The molecule has 0 amide bonds. The van der Waals surface area contributed by atoms with E-state index in [1.807, 2.05) is 6.07 Å². The molecule has 0 aromatic carbocycles. The summed E-state index contributed by atoms with van der Waals surface area (Å²) in [4.78, 5) is 15.4. The van der Waals surface area contributed by atoms with E-state index >= 15 is 0 Å². The van der Waals surface area contributed by atoms with E-state index in [0.717, 1.165) is 24.0 Å². The zero-order chi connectivity index (χ0) is 10.1. The molecule has 1 aromatic heterocycles. The zero-order valence-corrected chi connectivity index (χ0v) is 7.99. The van der Waals surface area contributed by atoms with Crippen LogP contribution in [-0.4, -0.2) is 18.1 Å². The quantitative estimate of drug-likeness (QED) is 0.670. The minimum absolute atomic E-state index is 0.150. The van der Waals surface area contributed by atoms with E-state index in [1.165, 1.54) is 7.11 Å². The Labute approximate surface area is 82.1 Å². The number of aromatic nitrogens is 1. The molecule has 1 atom stereocenters. The summed E-state index contributed by atoms with van der Waals surface area (Å²) in [7, 11) is 1.41. The van der Waals surface area contributed by atoms with Crippen molar-refractivity contribution in [3.63, 3.8) is 0 Å². The number of methoxy groups -OCH3 is 1. The Hall–Kier alpha value is -1.58. The molecule has 14 heavy (non-hydrogen) atoms. The molecular formula is C10H12N2O2. The maximum absolute atomic E-state index is 11.4. The number of fused-ring (bicyclic) bond motifs is 1. The lowest BCUT2D eigenvalue weighted by Crippen LogP contribution is -2.11. The molecule has 0 aliphatic heterocycles. The molecule has 0 fully saturated rings. The van der Waals surface area contributed by atoms with Crippen LogP contribution in [0.2, 0.25) is 0 Å². The van der Waals surface area contributed by atoms with Crippen molar-refractivity contribution in [3.8, 4) is 0 Å². The van der Waals surface area contributed by atoms with Crippen LogP contribution < -0.4 is 5.73 Å². The Morgan fingerprint density at radius 3 is 3.21 bits per heavy atom. The summed E-state index contributed by atoms with van der Waals surface area (Å²) >= 11 is 0. The number of ether oxygens (including phenoxy) is 1. The van der Waals surface area contributed by atoms with Gasteiger partial charge in [0.05, 0.1) is 13.0 Å². The number of anilines is 1. The third kappa shape index (κ3) is 1.32. The van der Waals surface area contributed by atoms with Gasteiger partial charge in [-0.15, -0.1) is 0 Å². The van der Waals surface area contributed by atoms with Gasteiger partial charge in [-0.05, 0) is 30.0 Å². The Morgan fingerprint density at radius 1 is 1.71 bits per heavy atom. The van der Waals surface area contributed by atoms with E-state index in [0.29, 0.717) is 5.82 Å². The third-order valence-electron chi connectivity index (χ3n) is 2.61. The topological polar surface area (TPSA) is 65.2 Å². The molecule has 2 N–H and O–H groups in total. The fraction of sp³-hybridized carbons (Fsp3) is 0.400. The number of hydrogen-bond donors (Lipinski definition) is 1. The molecular weight excluding hydrogens is 180 g/mol. The largest absolute Gasteiger partial charge is 0.469 e. The second-order valence-corrected chi connectivity index (χ2v) is 3.42. The van der Waals surface area contributed by atoms with Gasteiger partial charge in [-0.3, -0.25) is 4.79 Å². The number of nitrogen functional groups attached to an aromatic ring is 1. The maximum atomic E-state index is 11.4. The highest BCUT2D eigenvalue weighted by Gasteiger charge is 2.29. The van der Waals surface area contributed by atoms with Crippen molar-refractivity contribution in [2.24, 2.45) is 0 Å². The van der Waals surface area contributed by atoms with E-state index < -0.39 is 0 Å². The van der Waals surface area contributed by atoms with E-state index in [1.54, 1.807) is 6.20 Å². The van der Waals surface area contributed by atoms with Gasteiger partial charge in [-0.1, -0.05) is 0 Å². The molecule has 0 unspecified atom stereocenters. The van der Waals surface area contributed by atoms with Gasteiger partial charge in [0.25, 0.3) is 0 Å². The van der Waals surface area contributed by atoms with Crippen LogP contribution in [0.15, 0.2) is 12.3 Å². The first kappa shape index (κ1) is 8.99. The predicted molar refractivity (Wildman–Crippen MR) is 51.7 cm³/mol. The Bertz CT molecular complexity index is 376. The molecule has 0 bridgehead atoms. The molecule has 4 nitrogen and oxygen atoms in total. The number of esters is 1. The van der Waals surface area contributed by atoms with Crippen molar-refractivity contribution in [3.05, 3.63) is 23.4 Å². The fourth-order valence-corrected chi connectivity index (χ4v) is 1.90. The summed E-state index contributed by atoms with van der Waals surface area (Å²) in [5.74, 6) is 0.174. The van der Waals surface area contributed by atoms with Crippen molar-refractivity contribution in [2.75, 3.05) is 12.8 Å². The first-order valence-corrected chi connectivity index (χ1v) is 4.54. The first-order chi connectivity index (χ1) is 6.72. The number of rotatable bonds is 1. The predicted octanol–water partition coefficient (Wildman–Crippen LogP) is 0.867. The van der Waals surface area contributed by atoms with Crippen LogP contribution in [0.5, 0.6) is 0 Å². The number of hydrogen-bond acceptors (Lipinski definition) is 4. The van der Waals surface area contributed by atoms with Crippen LogP contribution in [-0.2, 0) is 16.0 Å². The van der Waals surface area contributed by atoms with Crippen LogP contribution in [0.4, 0.5) is 5.82 Å². The average Bonchev–Trinajstić information content (AvgIpc) is 2.59. The maximum Gasteiger partial charge on any atom is 0.313 e. The molecule has 0 radical (unpaired) electrons. The average molecular weight is 192 g/mol. The van der Waals surface area contributed by atoms with Gasteiger partial charge in [-0.25, -0.2) is 4.98 Å². The molecule has 2 rings (SSSR count). The first-order valence-electron chi connectivity index (χ1n) is 4.54. The van der Waals surface area contributed by atoms with Crippen molar-refractivity contribution in [1.29, 1.82) is 0 Å². The summed E-state index contributed by atoms with van der Waals surface area (Å²) in [6.45, 7) is 0. The number of nitrogens with two attached hydrogens (primary N) is 1. The van der Waals surface area contributed by atoms with Crippen molar-refractivity contribution in [2.45, 2.75) is 18.8 Å². The SMILES string of the molecule is COC(=O)[C@H]1CCc2cc(N)ncc21.